The van der Waals surface area contributed by atoms with Crippen molar-refractivity contribution in [2.24, 2.45) is 0 Å². The molecule has 108 valence electrons. The Hall–Kier alpha value is -3.45. The summed E-state index contributed by atoms with van der Waals surface area (Å²) in [5, 5.41) is 14.8. The fraction of sp³-hybridized carbons (Fsp3) is 0. The maximum Gasteiger partial charge on any atom is 0.385 e. The Morgan fingerprint density at radius 2 is 1.52 bits per heavy atom. The number of fused-ring (bicyclic) bond motifs is 1. The van der Waals surface area contributed by atoms with E-state index in [4.69, 9.17) is 10.5 Å². The van der Waals surface area contributed by atoms with Gasteiger partial charge in [0.25, 0.3) is 0 Å². The molecule has 0 unspecified atom stereocenters. The summed E-state index contributed by atoms with van der Waals surface area (Å²) in [4.78, 5) is 3.30. The Morgan fingerprint density at radius 1 is 0.826 bits per heavy atom. The summed E-state index contributed by atoms with van der Waals surface area (Å²) in [5.41, 5.74) is 4.38. The van der Waals surface area contributed by atoms with Crippen LogP contribution in [0.3, 0.4) is 0 Å². The van der Waals surface area contributed by atoms with Crippen LogP contribution < -0.4 is 0 Å². The van der Waals surface area contributed by atoms with Gasteiger partial charge in [0, 0.05) is 23.1 Å². The summed E-state index contributed by atoms with van der Waals surface area (Å²) < 4.78 is 1.92. The average Bonchev–Trinajstić information content (AvgIpc) is 3.02. The first-order valence-electron chi connectivity index (χ1n) is 7.35. The van der Waals surface area contributed by atoms with Gasteiger partial charge < -0.3 is 0 Å². The molecule has 0 bridgehead atoms. The molecule has 0 spiro atoms. The summed E-state index contributed by atoms with van der Waals surface area (Å²) in [7, 11) is 0. The first-order valence-corrected chi connectivity index (χ1v) is 7.35. The van der Waals surface area contributed by atoms with Gasteiger partial charge in [-0.15, -0.1) is 0 Å². The molecule has 3 aromatic carbocycles. The van der Waals surface area contributed by atoms with E-state index in [9.17, 15) is 0 Å². The van der Waals surface area contributed by atoms with E-state index < -0.39 is 0 Å². The van der Waals surface area contributed by atoms with E-state index in [0.29, 0.717) is 5.69 Å². The van der Waals surface area contributed by atoms with Crippen molar-refractivity contribution >= 4 is 16.6 Å². The molecular formula is C19H13N4+. The number of para-hydroxylation sites is 1. The third-order valence-electron chi connectivity index (χ3n) is 3.83. The number of benzene rings is 3. The zero-order chi connectivity index (χ0) is 15.6. The lowest BCUT2D eigenvalue weighted by atomic mass is 10.1. The predicted octanol–water partition coefficient (Wildman–Crippen LogP) is 5.18. The Balaban J connectivity index is 2.05. The first kappa shape index (κ1) is 13.2. The van der Waals surface area contributed by atoms with Crippen molar-refractivity contribution in [3.05, 3.63) is 83.8 Å². The van der Waals surface area contributed by atoms with Gasteiger partial charge in [-0.2, -0.15) is 5.10 Å². The molecule has 4 aromatic rings. The van der Waals surface area contributed by atoms with E-state index in [0.717, 1.165) is 27.8 Å². The van der Waals surface area contributed by atoms with E-state index in [-0.39, 0.29) is 0 Å². The minimum atomic E-state index is 0.516. The van der Waals surface area contributed by atoms with Gasteiger partial charge in [-0.1, -0.05) is 48.5 Å². The summed E-state index contributed by atoms with van der Waals surface area (Å²) >= 11 is 0. The number of rotatable bonds is 2. The molecule has 0 radical (unpaired) electrons. The molecule has 0 amide bonds. The Morgan fingerprint density at radius 3 is 2.22 bits per heavy atom. The molecule has 0 fully saturated rings. The van der Waals surface area contributed by atoms with Gasteiger partial charge in [-0.05, 0) is 18.2 Å². The zero-order valence-electron chi connectivity index (χ0n) is 12.3. The lowest BCUT2D eigenvalue weighted by Crippen LogP contribution is -1.95. The molecule has 0 aliphatic heterocycles. The fourth-order valence-electron chi connectivity index (χ4n) is 2.74. The fourth-order valence-corrected chi connectivity index (χ4v) is 2.74. The molecule has 4 nitrogen and oxygen atoms in total. The van der Waals surface area contributed by atoms with Crippen molar-refractivity contribution in [3.63, 3.8) is 0 Å². The summed E-state index contributed by atoms with van der Waals surface area (Å²) in [6.45, 7) is 0. The highest BCUT2D eigenvalue weighted by atomic mass is 15.3. The van der Waals surface area contributed by atoms with Crippen LogP contribution in [0.4, 0.5) is 5.69 Å². The molecule has 1 aromatic heterocycles. The average molecular weight is 297 g/mol. The normalized spacial score (nSPS) is 10.6. The van der Waals surface area contributed by atoms with Gasteiger partial charge in [0.15, 0.2) is 4.98 Å². The molecule has 4 heteroatoms. The van der Waals surface area contributed by atoms with Crippen molar-refractivity contribution < 1.29 is 0 Å². The van der Waals surface area contributed by atoms with Gasteiger partial charge in [0.2, 0.25) is 5.39 Å². The minimum Gasteiger partial charge on any atom is -0.232 e. The van der Waals surface area contributed by atoms with Crippen molar-refractivity contribution in [2.45, 2.75) is 0 Å². The van der Waals surface area contributed by atoms with Crippen LogP contribution in [0, 0.1) is 5.39 Å². The second kappa shape index (κ2) is 5.39. The highest BCUT2D eigenvalue weighted by Crippen LogP contribution is 2.32. The smallest absolute Gasteiger partial charge is 0.232 e. The Kier molecular flexibility index (Phi) is 3.10. The number of aromatic nitrogens is 2. The van der Waals surface area contributed by atoms with Gasteiger partial charge in [0.05, 0.1) is 11.2 Å². The van der Waals surface area contributed by atoms with Crippen LogP contribution in [0.5, 0.6) is 0 Å². The van der Waals surface area contributed by atoms with Crippen LogP contribution in [0.15, 0.2) is 78.9 Å². The van der Waals surface area contributed by atoms with Gasteiger partial charge in [-0.25, -0.2) is 4.68 Å². The number of hydrogen-bond donors (Lipinski definition) is 0. The topological polar surface area (TPSA) is 46.0 Å². The maximum atomic E-state index is 9.08. The third-order valence-corrected chi connectivity index (χ3v) is 3.83. The molecule has 0 aliphatic carbocycles. The predicted molar refractivity (Wildman–Crippen MR) is 91.2 cm³/mol. The number of diazo groups is 1. The quantitative estimate of drug-likeness (QED) is 0.479. The van der Waals surface area contributed by atoms with Crippen LogP contribution in [-0.2, 0) is 0 Å². The molecule has 0 atom stereocenters. The third kappa shape index (κ3) is 2.25. The van der Waals surface area contributed by atoms with Crippen molar-refractivity contribution in [3.8, 4) is 16.9 Å². The largest absolute Gasteiger partial charge is 0.385 e. The van der Waals surface area contributed by atoms with Crippen molar-refractivity contribution in [1.82, 2.24) is 9.78 Å². The molecule has 0 N–H and O–H groups in total. The van der Waals surface area contributed by atoms with E-state index >= 15 is 0 Å². The SMILES string of the molecule is N#[N+]c1ccc2c(c1)c(-c1ccccc1)nn2-c1ccccc1. The van der Waals surface area contributed by atoms with Gasteiger partial charge >= 0.3 is 5.69 Å². The van der Waals surface area contributed by atoms with E-state index in [2.05, 4.69) is 4.98 Å². The van der Waals surface area contributed by atoms with Crippen molar-refractivity contribution in [1.29, 1.82) is 5.39 Å². The van der Waals surface area contributed by atoms with E-state index in [1.165, 1.54) is 0 Å². The second-order valence-electron chi connectivity index (χ2n) is 5.26. The first-order chi connectivity index (χ1) is 11.4. The maximum absolute atomic E-state index is 9.08. The highest BCUT2D eigenvalue weighted by molar-refractivity contribution is 5.96. The zero-order valence-corrected chi connectivity index (χ0v) is 12.3. The number of nitrogens with zero attached hydrogens (tertiary/aromatic N) is 4. The molecule has 0 saturated carbocycles. The van der Waals surface area contributed by atoms with Crippen LogP contribution in [0.1, 0.15) is 0 Å². The van der Waals surface area contributed by atoms with E-state index in [1.54, 1.807) is 6.07 Å². The monoisotopic (exact) mass is 297 g/mol. The van der Waals surface area contributed by atoms with Gasteiger partial charge in [0.1, 0.15) is 5.69 Å². The standard InChI is InChI=1S/C19H13N4/c20-21-15-11-12-18-17(13-15)19(14-7-3-1-4-8-14)22-23(18)16-9-5-2-6-10-16/h1-13H/q+1. The lowest BCUT2D eigenvalue weighted by molar-refractivity contribution is 0.915. The Labute approximate surface area is 133 Å². The minimum absolute atomic E-state index is 0.516. The summed E-state index contributed by atoms with van der Waals surface area (Å²) in [6.07, 6.45) is 0. The summed E-state index contributed by atoms with van der Waals surface area (Å²) in [6, 6.07) is 25.6. The molecule has 0 saturated heterocycles. The van der Waals surface area contributed by atoms with Crippen molar-refractivity contribution in [2.75, 3.05) is 0 Å². The highest BCUT2D eigenvalue weighted by Gasteiger charge is 2.17. The second-order valence-corrected chi connectivity index (χ2v) is 5.26. The van der Waals surface area contributed by atoms with Crippen LogP contribution in [0.25, 0.3) is 32.8 Å². The molecular weight excluding hydrogens is 284 g/mol. The molecule has 4 rings (SSSR count). The molecule has 23 heavy (non-hydrogen) atoms. The Bertz CT molecular complexity index is 1010. The van der Waals surface area contributed by atoms with E-state index in [1.807, 2.05) is 77.5 Å². The van der Waals surface area contributed by atoms with Crippen LogP contribution in [0.2, 0.25) is 0 Å². The lowest BCUT2D eigenvalue weighted by Gasteiger charge is -2.02. The molecule has 0 aliphatic rings. The van der Waals surface area contributed by atoms with Crippen LogP contribution in [-0.4, -0.2) is 9.78 Å². The number of hydrogen-bond acceptors (Lipinski definition) is 2. The molecule has 1 heterocycles. The summed E-state index contributed by atoms with van der Waals surface area (Å²) in [5.74, 6) is 0. The van der Waals surface area contributed by atoms with Crippen LogP contribution >= 0.6 is 0 Å². The van der Waals surface area contributed by atoms with Gasteiger partial charge in [-0.3, -0.25) is 0 Å².